The first-order valence-corrected chi connectivity index (χ1v) is 4.68. The lowest BCUT2D eigenvalue weighted by Gasteiger charge is -2.09. The highest BCUT2D eigenvalue weighted by Crippen LogP contribution is 2.19. The molecule has 5 heteroatoms. The van der Waals surface area contributed by atoms with Crippen LogP contribution in [0.2, 0.25) is 0 Å². The fraction of sp³-hybridized carbons (Fsp3) is 0.222. The van der Waals surface area contributed by atoms with Crippen molar-refractivity contribution in [2.45, 2.75) is 4.83 Å². The number of benzene rings is 1. The Morgan fingerprint density at radius 3 is 2.43 bits per heavy atom. The smallest absolute Gasteiger partial charge is 0.318 e. The summed E-state index contributed by atoms with van der Waals surface area (Å²) in [5.74, 6) is -0.510. The fourth-order valence-corrected chi connectivity index (χ4v) is 1.01. The van der Waals surface area contributed by atoms with Crippen LogP contribution in [0.4, 0.5) is 8.78 Å². The molecule has 0 bridgehead atoms. The van der Waals surface area contributed by atoms with Crippen LogP contribution < -0.4 is 5.32 Å². The lowest BCUT2D eigenvalue weighted by Crippen LogP contribution is -2.32. The summed E-state index contributed by atoms with van der Waals surface area (Å²) in [5, 5.41) is 2.10. The Hall–Kier alpha value is -0.970. The van der Waals surface area contributed by atoms with E-state index in [2.05, 4.69) is 21.2 Å². The van der Waals surface area contributed by atoms with Gasteiger partial charge in [-0.1, -0.05) is 18.2 Å². The second-order valence-corrected chi connectivity index (χ2v) is 3.82. The Morgan fingerprint density at radius 1 is 1.36 bits per heavy atom. The molecule has 0 atom stereocenters. The SMILES string of the molecule is O=C(NCC(F)(F)Br)c1ccccc1. The van der Waals surface area contributed by atoms with Gasteiger partial charge in [0.2, 0.25) is 0 Å². The second kappa shape index (κ2) is 4.50. The van der Waals surface area contributed by atoms with Gasteiger partial charge in [0.15, 0.2) is 0 Å². The van der Waals surface area contributed by atoms with E-state index in [4.69, 9.17) is 0 Å². The molecule has 0 aliphatic rings. The number of nitrogens with one attached hydrogen (secondary N) is 1. The van der Waals surface area contributed by atoms with Crippen molar-refractivity contribution in [2.75, 3.05) is 6.54 Å². The zero-order valence-electron chi connectivity index (χ0n) is 7.14. The molecular weight excluding hydrogens is 256 g/mol. The topological polar surface area (TPSA) is 29.1 Å². The number of hydrogen-bond donors (Lipinski definition) is 1. The van der Waals surface area contributed by atoms with Crippen LogP contribution in [0.15, 0.2) is 30.3 Å². The van der Waals surface area contributed by atoms with E-state index >= 15 is 0 Å². The molecule has 14 heavy (non-hydrogen) atoms. The number of hydrogen-bond acceptors (Lipinski definition) is 1. The van der Waals surface area contributed by atoms with E-state index in [-0.39, 0.29) is 0 Å². The van der Waals surface area contributed by atoms with E-state index in [1.807, 2.05) is 0 Å². The molecule has 0 aliphatic carbocycles. The first kappa shape index (κ1) is 11.1. The maximum absolute atomic E-state index is 12.3. The van der Waals surface area contributed by atoms with Crippen molar-refractivity contribution in [3.8, 4) is 0 Å². The van der Waals surface area contributed by atoms with Gasteiger partial charge in [-0.15, -0.1) is 0 Å². The third kappa shape index (κ3) is 3.83. The minimum atomic E-state index is -3.06. The lowest BCUT2D eigenvalue weighted by atomic mass is 10.2. The van der Waals surface area contributed by atoms with Crippen molar-refractivity contribution in [3.63, 3.8) is 0 Å². The number of carbonyl (C=O) groups is 1. The van der Waals surface area contributed by atoms with Crippen LogP contribution in [-0.2, 0) is 0 Å². The Balaban J connectivity index is 2.52. The molecule has 1 aromatic rings. The zero-order chi connectivity index (χ0) is 10.6. The van der Waals surface area contributed by atoms with E-state index < -0.39 is 17.3 Å². The normalized spacial score (nSPS) is 11.1. The van der Waals surface area contributed by atoms with E-state index in [1.165, 1.54) is 0 Å². The number of rotatable bonds is 3. The molecule has 0 aliphatic heterocycles. The molecule has 0 unspecified atom stereocenters. The molecule has 0 fully saturated rings. The molecule has 0 saturated carbocycles. The summed E-state index contributed by atoms with van der Waals surface area (Å²) in [4.78, 5) is 8.17. The molecule has 1 amide bonds. The molecular formula is C9H8BrF2NO. The monoisotopic (exact) mass is 263 g/mol. The Bertz CT molecular complexity index is 310. The van der Waals surface area contributed by atoms with Gasteiger partial charge in [0.25, 0.3) is 5.91 Å². The minimum absolute atomic E-state index is 0.365. The molecule has 0 spiro atoms. The van der Waals surface area contributed by atoms with E-state index in [1.54, 1.807) is 30.3 Å². The minimum Gasteiger partial charge on any atom is -0.345 e. The highest BCUT2D eigenvalue weighted by Gasteiger charge is 2.24. The van der Waals surface area contributed by atoms with Gasteiger partial charge in [-0.25, -0.2) is 0 Å². The summed E-state index contributed by atoms with van der Waals surface area (Å²) in [6.45, 7) is -0.722. The first-order valence-electron chi connectivity index (χ1n) is 3.89. The summed E-state index contributed by atoms with van der Waals surface area (Å²) in [6.07, 6.45) is 0. The summed E-state index contributed by atoms with van der Waals surface area (Å²) in [6, 6.07) is 8.20. The van der Waals surface area contributed by atoms with Crippen molar-refractivity contribution >= 4 is 21.8 Å². The molecule has 0 radical (unpaired) electrons. The number of carbonyl (C=O) groups excluding carboxylic acids is 1. The maximum atomic E-state index is 12.3. The van der Waals surface area contributed by atoms with Crippen molar-refractivity contribution in [1.82, 2.24) is 5.32 Å². The van der Waals surface area contributed by atoms with Gasteiger partial charge in [0, 0.05) is 5.56 Å². The van der Waals surface area contributed by atoms with E-state index in [0.717, 1.165) is 0 Å². The summed E-state index contributed by atoms with van der Waals surface area (Å²) >= 11 is 2.13. The third-order valence-corrected chi connectivity index (χ3v) is 1.77. The van der Waals surface area contributed by atoms with Crippen molar-refractivity contribution in [2.24, 2.45) is 0 Å². The summed E-state index contributed by atoms with van der Waals surface area (Å²) in [5.41, 5.74) is 0.365. The summed E-state index contributed by atoms with van der Waals surface area (Å²) in [7, 11) is 0. The van der Waals surface area contributed by atoms with Gasteiger partial charge in [-0.05, 0) is 28.1 Å². The van der Waals surface area contributed by atoms with E-state index in [0.29, 0.717) is 5.56 Å². The van der Waals surface area contributed by atoms with Crippen LogP contribution in [0.5, 0.6) is 0 Å². The predicted octanol–water partition coefficient (Wildman–Crippen LogP) is 2.40. The molecule has 0 heterocycles. The average molecular weight is 264 g/mol. The van der Waals surface area contributed by atoms with Gasteiger partial charge in [-0.3, -0.25) is 4.79 Å². The lowest BCUT2D eigenvalue weighted by molar-refractivity contribution is 0.0835. The zero-order valence-corrected chi connectivity index (χ0v) is 8.72. The number of alkyl halides is 3. The van der Waals surface area contributed by atoms with Crippen LogP contribution in [-0.4, -0.2) is 17.3 Å². The standard InChI is InChI=1S/C9H8BrF2NO/c10-9(11,12)6-13-8(14)7-4-2-1-3-5-7/h1-5H,6H2,(H,13,14). The first-order chi connectivity index (χ1) is 6.49. The largest absolute Gasteiger partial charge is 0.345 e. The van der Waals surface area contributed by atoms with Gasteiger partial charge in [-0.2, -0.15) is 8.78 Å². The van der Waals surface area contributed by atoms with Crippen molar-refractivity contribution < 1.29 is 13.6 Å². The van der Waals surface area contributed by atoms with Crippen LogP contribution in [0.3, 0.4) is 0 Å². The molecule has 1 aromatic carbocycles. The second-order valence-electron chi connectivity index (χ2n) is 2.66. The fourth-order valence-electron chi connectivity index (χ4n) is 0.872. The van der Waals surface area contributed by atoms with Crippen LogP contribution in [0.25, 0.3) is 0 Å². The molecule has 1 rings (SSSR count). The number of halogens is 3. The maximum Gasteiger partial charge on any atom is 0.318 e. The molecule has 0 aromatic heterocycles. The van der Waals surface area contributed by atoms with Crippen molar-refractivity contribution in [1.29, 1.82) is 0 Å². The van der Waals surface area contributed by atoms with Crippen LogP contribution >= 0.6 is 15.9 Å². The highest BCUT2D eigenvalue weighted by molar-refractivity contribution is 9.10. The predicted molar refractivity (Wildman–Crippen MR) is 52.6 cm³/mol. The molecule has 0 saturated heterocycles. The average Bonchev–Trinajstić information content (AvgIpc) is 2.14. The molecule has 76 valence electrons. The van der Waals surface area contributed by atoms with Gasteiger partial charge in [0.1, 0.15) is 0 Å². The van der Waals surface area contributed by atoms with Crippen LogP contribution in [0, 0.1) is 0 Å². The summed E-state index contributed by atoms with van der Waals surface area (Å²) < 4.78 is 24.6. The Kier molecular flexibility index (Phi) is 3.57. The molecule has 2 nitrogen and oxygen atoms in total. The number of amides is 1. The van der Waals surface area contributed by atoms with Gasteiger partial charge in [0.05, 0.1) is 6.54 Å². The van der Waals surface area contributed by atoms with E-state index in [9.17, 15) is 13.6 Å². The Labute approximate surface area is 88.4 Å². The third-order valence-electron chi connectivity index (χ3n) is 1.49. The van der Waals surface area contributed by atoms with Gasteiger partial charge < -0.3 is 5.32 Å². The van der Waals surface area contributed by atoms with Crippen LogP contribution in [0.1, 0.15) is 10.4 Å². The van der Waals surface area contributed by atoms with Gasteiger partial charge >= 0.3 is 4.83 Å². The highest BCUT2D eigenvalue weighted by atomic mass is 79.9. The van der Waals surface area contributed by atoms with Crippen molar-refractivity contribution in [3.05, 3.63) is 35.9 Å². The molecule has 1 N–H and O–H groups in total. The quantitative estimate of drug-likeness (QED) is 0.834. The Morgan fingerprint density at radius 2 is 1.93 bits per heavy atom.